The quantitative estimate of drug-likeness (QED) is 0.681. The number of fused-ring (bicyclic) bond motifs is 1. The molecule has 1 aromatic carbocycles. The largest absolute Gasteiger partial charge is 0.304 e. The van der Waals surface area contributed by atoms with Crippen LogP contribution in [0.5, 0.6) is 0 Å². The molecule has 1 aromatic rings. The molecule has 2 heteroatoms. The number of carbonyl (C=O) groups is 1. The molecule has 1 N–H and O–H groups in total. The fourth-order valence-corrected chi connectivity index (χ4v) is 2.10. The number of carbonyl (C=O) groups excluding carboxylic acids is 1. The van der Waals surface area contributed by atoms with E-state index in [0.717, 1.165) is 24.8 Å². The predicted molar refractivity (Wildman–Crippen MR) is 56.4 cm³/mol. The van der Waals surface area contributed by atoms with Gasteiger partial charge < -0.3 is 10.1 Å². The summed E-state index contributed by atoms with van der Waals surface area (Å²) in [6.07, 6.45) is 2.03. The molecule has 0 fully saturated rings. The number of aldehydes is 1. The van der Waals surface area contributed by atoms with Gasteiger partial charge in [-0.25, -0.2) is 0 Å². The lowest BCUT2D eigenvalue weighted by atomic mass is 9.89. The van der Waals surface area contributed by atoms with Crippen LogP contribution < -0.4 is 5.32 Å². The SMILES string of the molecule is Cc1ccc2c(c1C)CCNC2C=O. The van der Waals surface area contributed by atoms with Gasteiger partial charge in [-0.15, -0.1) is 0 Å². The van der Waals surface area contributed by atoms with Crippen LogP contribution in [-0.2, 0) is 11.2 Å². The molecule has 0 saturated heterocycles. The summed E-state index contributed by atoms with van der Waals surface area (Å²) in [5.41, 5.74) is 5.18. The van der Waals surface area contributed by atoms with Gasteiger partial charge in [0.05, 0.1) is 6.04 Å². The summed E-state index contributed by atoms with van der Waals surface area (Å²) in [5.74, 6) is 0. The molecule has 14 heavy (non-hydrogen) atoms. The van der Waals surface area contributed by atoms with E-state index in [4.69, 9.17) is 0 Å². The van der Waals surface area contributed by atoms with E-state index in [-0.39, 0.29) is 6.04 Å². The summed E-state index contributed by atoms with van der Waals surface area (Å²) in [6.45, 7) is 5.16. The number of benzene rings is 1. The van der Waals surface area contributed by atoms with Crippen molar-refractivity contribution in [3.8, 4) is 0 Å². The van der Waals surface area contributed by atoms with Gasteiger partial charge in [-0.3, -0.25) is 0 Å². The Balaban J connectivity index is 2.55. The van der Waals surface area contributed by atoms with Gasteiger partial charge in [0.1, 0.15) is 6.29 Å². The minimum atomic E-state index is -0.0990. The summed E-state index contributed by atoms with van der Waals surface area (Å²) < 4.78 is 0. The van der Waals surface area contributed by atoms with Crippen LogP contribution in [0.2, 0.25) is 0 Å². The van der Waals surface area contributed by atoms with Crippen molar-refractivity contribution in [2.45, 2.75) is 26.3 Å². The van der Waals surface area contributed by atoms with Crippen LogP contribution in [0.25, 0.3) is 0 Å². The molecule has 2 rings (SSSR count). The molecule has 0 aliphatic carbocycles. The molecular weight excluding hydrogens is 174 g/mol. The lowest BCUT2D eigenvalue weighted by Gasteiger charge is -2.25. The summed E-state index contributed by atoms with van der Waals surface area (Å²) in [4.78, 5) is 10.9. The normalized spacial score (nSPS) is 20.3. The van der Waals surface area contributed by atoms with Crippen molar-refractivity contribution >= 4 is 6.29 Å². The Morgan fingerprint density at radius 2 is 2.21 bits per heavy atom. The summed E-state index contributed by atoms with van der Waals surface area (Å²) >= 11 is 0. The molecular formula is C12H15NO. The fraction of sp³-hybridized carbons (Fsp3) is 0.417. The van der Waals surface area contributed by atoms with Gasteiger partial charge >= 0.3 is 0 Å². The molecule has 1 heterocycles. The molecule has 0 amide bonds. The second kappa shape index (κ2) is 3.54. The lowest BCUT2D eigenvalue weighted by Crippen LogP contribution is -2.31. The second-order valence-electron chi connectivity index (χ2n) is 3.89. The van der Waals surface area contributed by atoms with Gasteiger partial charge in [-0.05, 0) is 42.5 Å². The van der Waals surface area contributed by atoms with Crippen LogP contribution in [0.15, 0.2) is 12.1 Å². The number of hydrogen-bond acceptors (Lipinski definition) is 2. The molecule has 2 nitrogen and oxygen atoms in total. The van der Waals surface area contributed by atoms with Crippen LogP contribution in [-0.4, -0.2) is 12.8 Å². The third-order valence-electron chi connectivity index (χ3n) is 3.12. The molecule has 0 radical (unpaired) electrons. The monoisotopic (exact) mass is 189 g/mol. The standard InChI is InChI=1S/C12H15NO/c1-8-3-4-11-10(9(8)2)5-6-13-12(11)7-14/h3-4,7,12-13H,5-6H2,1-2H3. The van der Waals surface area contributed by atoms with E-state index < -0.39 is 0 Å². The van der Waals surface area contributed by atoms with E-state index in [1.165, 1.54) is 16.7 Å². The maximum absolute atomic E-state index is 10.9. The molecule has 0 aromatic heterocycles. The average Bonchev–Trinajstić information content (AvgIpc) is 2.23. The van der Waals surface area contributed by atoms with Gasteiger partial charge in [0.15, 0.2) is 0 Å². The molecule has 0 bridgehead atoms. The third kappa shape index (κ3) is 1.36. The van der Waals surface area contributed by atoms with Gasteiger partial charge in [-0.1, -0.05) is 12.1 Å². The Morgan fingerprint density at radius 1 is 1.43 bits per heavy atom. The molecule has 0 spiro atoms. The van der Waals surface area contributed by atoms with Crippen LogP contribution in [0, 0.1) is 13.8 Å². The first-order valence-electron chi connectivity index (χ1n) is 5.01. The predicted octanol–water partition coefficient (Wildman–Crippen LogP) is 1.69. The zero-order valence-corrected chi connectivity index (χ0v) is 8.63. The van der Waals surface area contributed by atoms with Crippen LogP contribution in [0.1, 0.15) is 28.3 Å². The van der Waals surface area contributed by atoms with E-state index in [1.54, 1.807) is 0 Å². The van der Waals surface area contributed by atoms with Crippen LogP contribution in [0.3, 0.4) is 0 Å². The molecule has 1 unspecified atom stereocenters. The van der Waals surface area contributed by atoms with Gasteiger partial charge in [0, 0.05) is 6.54 Å². The van der Waals surface area contributed by atoms with Crippen molar-refractivity contribution in [3.05, 3.63) is 34.4 Å². The summed E-state index contributed by atoms with van der Waals surface area (Å²) in [7, 11) is 0. The molecule has 1 aliphatic heterocycles. The Morgan fingerprint density at radius 3 is 2.93 bits per heavy atom. The third-order valence-corrected chi connectivity index (χ3v) is 3.12. The minimum absolute atomic E-state index is 0.0990. The van der Waals surface area contributed by atoms with E-state index >= 15 is 0 Å². The van der Waals surface area contributed by atoms with E-state index in [0.29, 0.717) is 0 Å². The Labute approximate surface area is 84.3 Å². The first-order valence-corrected chi connectivity index (χ1v) is 5.01. The highest BCUT2D eigenvalue weighted by molar-refractivity contribution is 5.64. The van der Waals surface area contributed by atoms with Crippen LogP contribution in [0.4, 0.5) is 0 Å². The highest BCUT2D eigenvalue weighted by Gasteiger charge is 2.20. The minimum Gasteiger partial charge on any atom is -0.304 e. The summed E-state index contributed by atoms with van der Waals surface area (Å²) in [5, 5.41) is 3.20. The molecule has 1 aliphatic rings. The van der Waals surface area contributed by atoms with E-state index in [1.807, 2.05) is 0 Å². The zero-order chi connectivity index (χ0) is 10.1. The Hall–Kier alpha value is -1.15. The smallest absolute Gasteiger partial charge is 0.141 e. The molecule has 74 valence electrons. The van der Waals surface area contributed by atoms with E-state index in [2.05, 4.69) is 31.3 Å². The van der Waals surface area contributed by atoms with Crippen molar-refractivity contribution < 1.29 is 4.79 Å². The highest BCUT2D eigenvalue weighted by Crippen LogP contribution is 2.26. The van der Waals surface area contributed by atoms with Crippen molar-refractivity contribution in [3.63, 3.8) is 0 Å². The number of aryl methyl sites for hydroxylation is 1. The fourth-order valence-electron chi connectivity index (χ4n) is 2.10. The Bertz CT molecular complexity index is 371. The van der Waals surface area contributed by atoms with Crippen molar-refractivity contribution in [1.82, 2.24) is 5.32 Å². The molecule has 1 atom stereocenters. The lowest BCUT2D eigenvalue weighted by molar-refractivity contribution is -0.109. The average molecular weight is 189 g/mol. The van der Waals surface area contributed by atoms with Crippen molar-refractivity contribution in [2.75, 3.05) is 6.54 Å². The highest BCUT2D eigenvalue weighted by atomic mass is 16.1. The first-order chi connectivity index (χ1) is 6.74. The number of hydrogen-bond donors (Lipinski definition) is 1. The Kier molecular flexibility index (Phi) is 2.38. The zero-order valence-electron chi connectivity index (χ0n) is 8.63. The van der Waals surface area contributed by atoms with Crippen molar-refractivity contribution in [2.24, 2.45) is 0 Å². The number of nitrogens with one attached hydrogen (secondary N) is 1. The van der Waals surface area contributed by atoms with Crippen LogP contribution >= 0.6 is 0 Å². The van der Waals surface area contributed by atoms with Gasteiger partial charge in [0.25, 0.3) is 0 Å². The first kappa shape index (κ1) is 9.41. The topological polar surface area (TPSA) is 29.1 Å². The van der Waals surface area contributed by atoms with Gasteiger partial charge in [0.2, 0.25) is 0 Å². The number of rotatable bonds is 1. The van der Waals surface area contributed by atoms with Gasteiger partial charge in [-0.2, -0.15) is 0 Å². The summed E-state index contributed by atoms with van der Waals surface area (Å²) in [6, 6.07) is 4.07. The maximum atomic E-state index is 10.9. The maximum Gasteiger partial charge on any atom is 0.141 e. The molecule has 0 saturated carbocycles. The van der Waals surface area contributed by atoms with E-state index in [9.17, 15) is 4.79 Å². The van der Waals surface area contributed by atoms with Crippen molar-refractivity contribution in [1.29, 1.82) is 0 Å². The second-order valence-corrected chi connectivity index (χ2v) is 3.89.